The van der Waals surface area contributed by atoms with Crippen LogP contribution in [0.4, 0.5) is 0 Å². The van der Waals surface area contributed by atoms with Crippen molar-refractivity contribution in [3.63, 3.8) is 0 Å². The fraction of sp³-hybridized carbons (Fsp3) is 0.105. The molecule has 4 rings (SSSR count). The van der Waals surface area contributed by atoms with Gasteiger partial charge in [-0.05, 0) is 24.2 Å². The molecule has 0 aliphatic heterocycles. The van der Waals surface area contributed by atoms with E-state index in [4.69, 9.17) is 22.3 Å². The van der Waals surface area contributed by atoms with Gasteiger partial charge in [0.05, 0.1) is 17.1 Å². The number of nitrogens with two attached hydrogens (primary N) is 1. The van der Waals surface area contributed by atoms with Gasteiger partial charge in [-0.3, -0.25) is 4.40 Å². The molecule has 0 amide bonds. The summed E-state index contributed by atoms with van der Waals surface area (Å²) >= 11 is 7.67. The van der Waals surface area contributed by atoms with Crippen LogP contribution in [0.2, 0.25) is 5.02 Å². The van der Waals surface area contributed by atoms with Crippen LogP contribution >= 0.6 is 22.9 Å². The number of hydrogen-bond donors (Lipinski definition) is 1. The Balaban J connectivity index is 1.94. The minimum absolute atomic E-state index is 0.582. The van der Waals surface area contributed by atoms with Gasteiger partial charge in [0.2, 0.25) is 0 Å². The largest absolute Gasteiger partial charge is 0.330 e. The van der Waals surface area contributed by atoms with Gasteiger partial charge < -0.3 is 5.73 Å². The van der Waals surface area contributed by atoms with Crippen molar-refractivity contribution in [1.29, 1.82) is 0 Å². The molecule has 5 heteroatoms. The molecule has 24 heavy (non-hydrogen) atoms. The molecule has 0 aliphatic rings. The summed E-state index contributed by atoms with van der Waals surface area (Å²) < 4.78 is 2.23. The van der Waals surface area contributed by atoms with Crippen molar-refractivity contribution in [2.45, 2.75) is 6.42 Å². The quantitative estimate of drug-likeness (QED) is 0.568. The Morgan fingerprint density at radius 2 is 1.75 bits per heavy atom. The molecule has 2 N–H and O–H groups in total. The highest BCUT2D eigenvalue weighted by molar-refractivity contribution is 7.15. The number of hydrogen-bond acceptors (Lipinski definition) is 3. The lowest BCUT2D eigenvalue weighted by Gasteiger charge is -2.06. The van der Waals surface area contributed by atoms with Crippen LogP contribution in [0.3, 0.4) is 0 Å². The van der Waals surface area contributed by atoms with E-state index in [1.165, 1.54) is 5.56 Å². The summed E-state index contributed by atoms with van der Waals surface area (Å²) in [6.07, 6.45) is 0.774. The van der Waals surface area contributed by atoms with Crippen molar-refractivity contribution in [3.8, 4) is 22.5 Å². The summed E-state index contributed by atoms with van der Waals surface area (Å²) in [6, 6.07) is 18.2. The van der Waals surface area contributed by atoms with Gasteiger partial charge in [0.25, 0.3) is 0 Å². The molecule has 2 aromatic heterocycles. The molecule has 3 nitrogen and oxygen atoms in total. The maximum atomic E-state index is 6.02. The van der Waals surface area contributed by atoms with Gasteiger partial charge in [0, 0.05) is 22.4 Å². The third-order valence-electron chi connectivity index (χ3n) is 4.03. The van der Waals surface area contributed by atoms with Gasteiger partial charge >= 0.3 is 0 Å². The fourth-order valence-corrected chi connectivity index (χ4v) is 3.97. The van der Waals surface area contributed by atoms with E-state index in [1.54, 1.807) is 11.3 Å². The Bertz CT molecular complexity index is 971. The zero-order valence-corrected chi connectivity index (χ0v) is 14.5. The average Bonchev–Trinajstić information content (AvgIpc) is 3.17. The fourth-order valence-electron chi connectivity index (χ4n) is 2.93. The van der Waals surface area contributed by atoms with Crippen molar-refractivity contribution in [2.24, 2.45) is 5.73 Å². The molecule has 0 fully saturated rings. The molecular formula is C19H16ClN3S. The van der Waals surface area contributed by atoms with Crippen LogP contribution in [0.5, 0.6) is 0 Å². The molecule has 0 unspecified atom stereocenters. The van der Waals surface area contributed by atoms with Crippen molar-refractivity contribution in [2.75, 3.05) is 6.54 Å². The van der Waals surface area contributed by atoms with E-state index in [9.17, 15) is 0 Å². The lowest BCUT2D eigenvalue weighted by atomic mass is 10.1. The predicted molar refractivity (Wildman–Crippen MR) is 102 cm³/mol. The second kappa shape index (κ2) is 6.40. The summed E-state index contributed by atoms with van der Waals surface area (Å²) in [4.78, 5) is 5.85. The number of rotatable bonds is 4. The zero-order valence-electron chi connectivity index (χ0n) is 12.9. The first-order valence-corrected chi connectivity index (χ1v) is 9.04. The van der Waals surface area contributed by atoms with Crippen LogP contribution < -0.4 is 5.73 Å². The molecule has 0 saturated heterocycles. The lowest BCUT2D eigenvalue weighted by molar-refractivity contribution is 0.914. The van der Waals surface area contributed by atoms with Crippen LogP contribution in [-0.4, -0.2) is 15.9 Å². The normalized spacial score (nSPS) is 11.2. The van der Waals surface area contributed by atoms with Gasteiger partial charge in [-0.15, -0.1) is 11.3 Å². The van der Waals surface area contributed by atoms with Crippen LogP contribution in [-0.2, 0) is 6.42 Å². The first kappa shape index (κ1) is 15.4. The van der Waals surface area contributed by atoms with Crippen LogP contribution in [0.1, 0.15) is 5.69 Å². The number of halogens is 1. The molecule has 0 aliphatic carbocycles. The number of nitrogens with zero attached hydrogens (tertiary/aromatic N) is 2. The third-order valence-corrected chi connectivity index (χ3v) is 5.10. The Morgan fingerprint density at radius 3 is 2.46 bits per heavy atom. The smallest absolute Gasteiger partial charge is 0.194 e. The van der Waals surface area contributed by atoms with E-state index in [0.717, 1.165) is 39.0 Å². The highest BCUT2D eigenvalue weighted by Gasteiger charge is 2.18. The van der Waals surface area contributed by atoms with E-state index in [-0.39, 0.29) is 0 Å². The predicted octanol–water partition coefficient (Wildman–Crippen LogP) is 4.88. The van der Waals surface area contributed by atoms with Crippen LogP contribution in [0.15, 0.2) is 60.0 Å². The van der Waals surface area contributed by atoms with Crippen molar-refractivity contribution >= 4 is 27.9 Å². The molecule has 0 spiro atoms. The summed E-state index contributed by atoms with van der Waals surface area (Å²) in [5.74, 6) is 0. The second-order valence-corrected chi connectivity index (χ2v) is 6.83. The summed E-state index contributed by atoms with van der Waals surface area (Å²) in [6.45, 7) is 0.582. The molecule has 0 atom stereocenters. The Labute approximate surface area is 149 Å². The highest BCUT2D eigenvalue weighted by atomic mass is 35.5. The SMILES string of the molecule is NCCc1c(-c2ccc(Cl)cc2)nc2scc(-c3ccccc3)n12. The van der Waals surface area contributed by atoms with Crippen molar-refractivity contribution in [3.05, 3.63) is 70.7 Å². The molecule has 2 aromatic carbocycles. The lowest BCUT2D eigenvalue weighted by Crippen LogP contribution is -2.06. The Hall–Kier alpha value is -2.14. The van der Waals surface area contributed by atoms with Gasteiger partial charge in [0.15, 0.2) is 4.96 Å². The third kappa shape index (κ3) is 2.63. The van der Waals surface area contributed by atoms with E-state index >= 15 is 0 Å². The van der Waals surface area contributed by atoms with Crippen LogP contribution in [0.25, 0.3) is 27.5 Å². The Kier molecular flexibility index (Phi) is 4.10. The summed E-state index contributed by atoms with van der Waals surface area (Å²) in [7, 11) is 0. The molecular weight excluding hydrogens is 338 g/mol. The van der Waals surface area contributed by atoms with Crippen molar-refractivity contribution in [1.82, 2.24) is 9.38 Å². The number of thiazole rings is 1. The number of benzene rings is 2. The van der Waals surface area contributed by atoms with Gasteiger partial charge in [-0.25, -0.2) is 4.98 Å². The van der Waals surface area contributed by atoms with Gasteiger partial charge in [-0.2, -0.15) is 0 Å². The van der Waals surface area contributed by atoms with E-state index in [0.29, 0.717) is 6.54 Å². The minimum Gasteiger partial charge on any atom is -0.330 e. The maximum Gasteiger partial charge on any atom is 0.194 e. The molecule has 0 radical (unpaired) electrons. The summed E-state index contributed by atoms with van der Waals surface area (Å²) in [5, 5.41) is 2.88. The first-order valence-electron chi connectivity index (χ1n) is 7.78. The molecule has 0 bridgehead atoms. The minimum atomic E-state index is 0.582. The zero-order chi connectivity index (χ0) is 16.5. The van der Waals surface area contributed by atoms with E-state index in [2.05, 4.69) is 34.0 Å². The van der Waals surface area contributed by atoms with Crippen LogP contribution in [0, 0.1) is 0 Å². The second-order valence-electron chi connectivity index (χ2n) is 5.56. The number of aromatic nitrogens is 2. The topological polar surface area (TPSA) is 43.3 Å². The summed E-state index contributed by atoms with van der Waals surface area (Å²) in [5.41, 5.74) is 11.4. The standard InChI is InChI=1S/C19H16ClN3S/c20-15-8-6-14(7-9-15)18-16(10-11-21)23-17(12-24-19(23)22-18)13-4-2-1-3-5-13/h1-9,12H,10-11,21H2. The number of fused-ring (bicyclic) bond motifs is 1. The van der Waals surface area contributed by atoms with Gasteiger partial charge in [-0.1, -0.05) is 54.1 Å². The van der Waals surface area contributed by atoms with Gasteiger partial charge in [0.1, 0.15) is 0 Å². The molecule has 2 heterocycles. The number of imidazole rings is 1. The van der Waals surface area contributed by atoms with E-state index < -0.39 is 0 Å². The Morgan fingerprint density at radius 1 is 1.00 bits per heavy atom. The highest BCUT2D eigenvalue weighted by Crippen LogP contribution is 2.33. The average molecular weight is 354 g/mol. The molecule has 4 aromatic rings. The first-order chi connectivity index (χ1) is 11.8. The van der Waals surface area contributed by atoms with Crippen molar-refractivity contribution < 1.29 is 0 Å². The molecule has 120 valence electrons. The maximum absolute atomic E-state index is 6.02. The van der Waals surface area contributed by atoms with E-state index in [1.807, 2.05) is 30.3 Å². The molecule has 0 saturated carbocycles. The monoisotopic (exact) mass is 353 g/mol.